The van der Waals surface area contributed by atoms with Gasteiger partial charge in [-0.05, 0) is 6.08 Å². The van der Waals surface area contributed by atoms with Crippen molar-refractivity contribution in [2.75, 3.05) is 0 Å². The number of carbonyl (C=O) groups is 2. The molecule has 2 aliphatic carbocycles. The largest absolute Gasteiger partial charge is 0.389 e. The van der Waals surface area contributed by atoms with Gasteiger partial charge in [-0.3, -0.25) is 9.59 Å². The Morgan fingerprint density at radius 2 is 2.08 bits per heavy atom. The molecule has 3 heteroatoms. The van der Waals surface area contributed by atoms with Crippen LogP contribution in [0.3, 0.4) is 0 Å². The van der Waals surface area contributed by atoms with Gasteiger partial charge < -0.3 is 5.11 Å². The minimum Gasteiger partial charge on any atom is -0.389 e. The second kappa shape index (κ2) is 2.52. The lowest BCUT2D eigenvalue weighted by molar-refractivity contribution is -0.140. The lowest BCUT2D eigenvalue weighted by Crippen LogP contribution is -2.43. The van der Waals surface area contributed by atoms with Gasteiger partial charge in [0.05, 0.1) is 6.10 Å². The number of Topliss-reactive ketones (excluding diaryl/α,β-unsaturated/α-hetero) is 1. The number of hydrogen-bond acceptors (Lipinski definition) is 3. The van der Waals surface area contributed by atoms with Gasteiger partial charge in [0.15, 0.2) is 5.78 Å². The monoisotopic (exact) mass is 166 g/mol. The normalized spacial score (nSPS) is 40.2. The quantitative estimate of drug-likeness (QED) is 0.554. The molecule has 0 aromatic carbocycles. The first-order chi connectivity index (χ1) is 5.68. The molecule has 1 fully saturated rings. The maximum absolute atomic E-state index is 11.0. The summed E-state index contributed by atoms with van der Waals surface area (Å²) < 4.78 is 0. The van der Waals surface area contributed by atoms with Gasteiger partial charge >= 0.3 is 0 Å². The fourth-order valence-electron chi connectivity index (χ4n) is 1.86. The summed E-state index contributed by atoms with van der Waals surface area (Å²) >= 11 is 0. The summed E-state index contributed by atoms with van der Waals surface area (Å²) in [5, 5.41) is 9.42. The Labute approximate surface area is 70.1 Å². The molecule has 0 amide bonds. The van der Waals surface area contributed by atoms with Gasteiger partial charge in [0.25, 0.3) is 0 Å². The van der Waals surface area contributed by atoms with Gasteiger partial charge in [-0.1, -0.05) is 6.08 Å². The molecule has 0 unspecified atom stereocenters. The Hall–Kier alpha value is -0.960. The van der Waals surface area contributed by atoms with E-state index in [0.29, 0.717) is 6.42 Å². The van der Waals surface area contributed by atoms with E-state index in [1.807, 2.05) is 0 Å². The van der Waals surface area contributed by atoms with Gasteiger partial charge in [0.2, 0.25) is 0 Å². The Kier molecular flexibility index (Phi) is 1.61. The van der Waals surface area contributed by atoms with Crippen LogP contribution in [0.1, 0.15) is 12.8 Å². The van der Waals surface area contributed by atoms with Gasteiger partial charge in [-0.2, -0.15) is 0 Å². The maximum Gasteiger partial charge on any atom is 0.156 e. The molecule has 2 aliphatic rings. The van der Waals surface area contributed by atoms with Crippen LogP contribution in [0.5, 0.6) is 0 Å². The maximum atomic E-state index is 11.0. The molecule has 2 rings (SSSR count). The molecule has 0 aliphatic heterocycles. The van der Waals surface area contributed by atoms with Crippen molar-refractivity contribution in [2.45, 2.75) is 18.9 Å². The Balaban J connectivity index is 2.20. The van der Waals surface area contributed by atoms with Crippen LogP contribution < -0.4 is 0 Å². The SMILES string of the molecule is O=C1C=C[C@H](O)[C@@H]2CC(=O)[C@@H]2C1. The molecule has 0 aromatic rings. The summed E-state index contributed by atoms with van der Waals surface area (Å²) in [4.78, 5) is 22.0. The molecule has 0 saturated heterocycles. The first kappa shape index (κ1) is 7.68. The van der Waals surface area contributed by atoms with Crippen LogP contribution in [0.2, 0.25) is 0 Å². The lowest BCUT2D eigenvalue weighted by atomic mass is 9.68. The summed E-state index contributed by atoms with van der Waals surface area (Å²) in [6.45, 7) is 0. The minimum atomic E-state index is -0.598. The Morgan fingerprint density at radius 3 is 2.75 bits per heavy atom. The van der Waals surface area contributed by atoms with Crippen molar-refractivity contribution in [2.24, 2.45) is 11.8 Å². The molecule has 12 heavy (non-hydrogen) atoms. The molecule has 0 radical (unpaired) electrons. The number of allylic oxidation sites excluding steroid dienone is 1. The van der Waals surface area contributed by atoms with E-state index < -0.39 is 6.10 Å². The van der Waals surface area contributed by atoms with Crippen molar-refractivity contribution >= 4 is 11.6 Å². The molecule has 0 spiro atoms. The standard InChI is InChI=1S/C9H10O3/c10-5-1-2-8(11)7-4-9(12)6(7)3-5/h1-2,6-8,11H,3-4H2/t6-,7-,8+/m1/s1. The summed E-state index contributed by atoms with van der Waals surface area (Å²) in [6.07, 6.45) is 3.01. The van der Waals surface area contributed by atoms with Crippen LogP contribution in [0.15, 0.2) is 12.2 Å². The average Bonchev–Trinajstić information content (AvgIpc) is 2.14. The van der Waals surface area contributed by atoms with Gasteiger partial charge in [-0.15, -0.1) is 0 Å². The van der Waals surface area contributed by atoms with Crippen LogP contribution in [-0.2, 0) is 9.59 Å². The number of rotatable bonds is 0. The molecule has 0 heterocycles. The number of hydrogen-bond donors (Lipinski definition) is 1. The molecule has 1 N–H and O–H groups in total. The van der Waals surface area contributed by atoms with Crippen LogP contribution in [-0.4, -0.2) is 22.8 Å². The van der Waals surface area contributed by atoms with Gasteiger partial charge in [-0.25, -0.2) is 0 Å². The highest BCUT2D eigenvalue weighted by Gasteiger charge is 2.44. The summed E-state index contributed by atoms with van der Waals surface area (Å²) in [7, 11) is 0. The summed E-state index contributed by atoms with van der Waals surface area (Å²) in [5.74, 6) is -0.131. The summed E-state index contributed by atoms with van der Waals surface area (Å²) in [5.41, 5.74) is 0. The highest BCUT2D eigenvalue weighted by Crippen LogP contribution is 2.38. The Morgan fingerprint density at radius 1 is 1.33 bits per heavy atom. The molecule has 3 nitrogen and oxygen atoms in total. The van der Waals surface area contributed by atoms with Crippen molar-refractivity contribution < 1.29 is 14.7 Å². The molecule has 3 atom stereocenters. The first-order valence-corrected chi connectivity index (χ1v) is 4.10. The fraction of sp³-hybridized carbons (Fsp3) is 0.556. The third-order valence-corrected chi connectivity index (χ3v) is 2.71. The van der Waals surface area contributed by atoms with Crippen molar-refractivity contribution in [1.82, 2.24) is 0 Å². The molecule has 1 saturated carbocycles. The second-order valence-corrected chi connectivity index (χ2v) is 3.46. The molecule has 0 aromatic heterocycles. The third-order valence-electron chi connectivity index (χ3n) is 2.71. The van der Waals surface area contributed by atoms with Crippen LogP contribution in [0, 0.1) is 11.8 Å². The Bertz CT molecular complexity index is 267. The molecule has 64 valence electrons. The lowest BCUT2D eigenvalue weighted by Gasteiger charge is -2.35. The van der Waals surface area contributed by atoms with Gasteiger partial charge in [0, 0.05) is 24.7 Å². The topological polar surface area (TPSA) is 54.4 Å². The van der Waals surface area contributed by atoms with Crippen molar-refractivity contribution in [3.63, 3.8) is 0 Å². The number of ketones is 2. The van der Waals surface area contributed by atoms with Crippen LogP contribution in [0.4, 0.5) is 0 Å². The number of aliphatic hydroxyl groups excluding tert-OH is 1. The van der Waals surface area contributed by atoms with E-state index in [1.165, 1.54) is 12.2 Å². The predicted molar refractivity (Wildman–Crippen MR) is 41.4 cm³/mol. The van der Waals surface area contributed by atoms with Crippen LogP contribution in [0.25, 0.3) is 0 Å². The highest BCUT2D eigenvalue weighted by atomic mass is 16.3. The number of carbonyl (C=O) groups excluding carboxylic acids is 2. The predicted octanol–water partition coefficient (Wildman–Crippen LogP) is 0.0815. The zero-order valence-corrected chi connectivity index (χ0v) is 6.56. The van der Waals surface area contributed by atoms with Gasteiger partial charge in [0.1, 0.15) is 5.78 Å². The summed E-state index contributed by atoms with van der Waals surface area (Å²) in [6, 6.07) is 0. The zero-order valence-electron chi connectivity index (χ0n) is 6.56. The third kappa shape index (κ3) is 1.01. The number of fused-ring (bicyclic) bond motifs is 1. The fourth-order valence-corrected chi connectivity index (χ4v) is 1.86. The van der Waals surface area contributed by atoms with E-state index in [-0.39, 0.29) is 29.8 Å². The minimum absolute atomic E-state index is 0.000185. The van der Waals surface area contributed by atoms with Crippen LogP contribution >= 0.6 is 0 Å². The average molecular weight is 166 g/mol. The van der Waals surface area contributed by atoms with E-state index in [2.05, 4.69) is 0 Å². The van der Waals surface area contributed by atoms with Crippen molar-refractivity contribution in [1.29, 1.82) is 0 Å². The zero-order chi connectivity index (χ0) is 8.72. The second-order valence-electron chi connectivity index (χ2n) is 3.46. The van der Waals surface area contributed by atoms with Crippen molar-refractivity contribution in [3.05, 3.63) is 12.2 Å². The molecular formula is C9H10O3. The van der Waals surface area contributed by atoms with E-state index in [1.54, 1.807) is 0 Å². The van der Waals surface area contributed by atoms with E-state index >= 15 is 0 Å². The molecule has 0 bridgehead atoms. The smallest absolute Gasteiger partial charge is 0.156 e. The molecular weight excluding hydrogens is 156 g/mol. The highest BCUT2D eigenvalue weighted by molar-refractivity contribution is 5.97. The first-order valence-electron chi connectivity index (χ1n) is 4.10. The van der Waals surface area contributed by atoms with E-state index in [4.69, 9.17) is 0 Å². The van der Waals surface area contributed by atoms with Crippen molar-refractivity contribution in [3.8, 4) is 0 Å². The van der Waals surface area contributed by atoms with E-state index in [0.717, 1.165) is 0 Å². The number of aliphatic hydroxyl groups is 1. The van der Waals surface area contributed by atoms with E-state index in [9.17, 15) is 14.7 Å².